The Kier molecular flexibility index (Phi) is 8.88. The van der Waals surface area contributed by atoms with Crippen molar-refractivity contribution < 1.29 is 30.0 Å². The third-order valence-electron chi connectivity index (χ3n) is 4.89. The van der Waals surface area contributed by atoms with E-state index < -0.39 is 37.7 Å². The van der Waals surface area contributed by atoms with Crippen LogP contribution in [0.15, 0.2) is 79.7 Å². The molecular formula is C22H21ClF3N5O4S3. The number of primary sulfonamides is 1. The number of aryl methyl sites for hydroxylation is 1. The summed E-state index contributed by atoms with van der Waals surface area (Å²) in [4.78, 5) is -0.194. The fraction of sp³-hybridized carbons (Fsp3) is 0.136. The summed E-state index contributed by atoms with van der Waals surface area (Å²) in [5.74, 6) is -0.513. The van der Waals surface area contributed by atoms with E-state index >= 15 is 0 Å². The lowest BCUT2D eigenvalue weighted by atomic mass is 10.1. The Morgan fingerprint density at radius 2 is 1.71 bits per heavy atom. The lowest BCUT2D eigenvalue weighted by Gasteiger charge is -2.13. The number of rotatable bonds is 8. The Morgan fingerprint density at radius 1 is 1.05 bits per heavy atom. The summed E-state index contributed by atoms with van der Waals surface area (Å²) in [5, 5.41) is 5.30. The van der Waals surface area contributed by atoms with Crippen molar-refractivity contribution in [1.82, 2.24) is 5.43 Å². The average Bonchev–Trinajstić information content (AvgIpc) is 2.82. The molecule has 3 aromatic rings. The Balaban J connectivity index is 1.81. The van der Waals surface area contributed by atoms with E-state index in [-0.39, 0.29) is 25.5 Å². The number of benzene rings is 3. The third kappa shape index (κ3) is 7.77. The number of alkyl halides is 3. The van der Waals surface area contributed by atoms with Crippen molar-refractivity contribution in [3.63, 3.8) is 0 Å². The second-order valence-electron chi connectivity index (χ2n) is 7.81. The highest BCUT2D eigenvalue weighted by Gasteiger charge is 2.30. The van der Waals surface area contributed by atoms with Crippen LogP contribution in [0.25, 0.3) is 0 Å². The van der Waals surface area contributed by atoms with Crippen LogP contribution in [-0.4, -0.2) is 22.8 Å². The van der Waals surface area contributed by atoms with E-state index in [0.717, 1.165) is 23.9 Å². The summed E-state index contributed by atoms with van der Waals surface area (Å²) < 4.78 is 91.5. The molecule has 0 radical (unpaired) electrons. The first-order chi connectivity index (χ1) is 17.6. The van der Waals surface area contributed by atoms with Crippen LogP contribution in [0.3, 0.4) is 0 Å². The number of thioether (sulfide) groups is 1. The zero-order valence-corrected chi connectivity index (χ0v) is 22.7. The van der Waals surface area contributed by atoms with E-state index in [1.54, 1.807) is 6.92 Å². The first-order valence-electron chi connectivity index (χ1n) is 10.4. The molecule has 0 spiro atoms. The molecule has 0 unspecified atom stereocenters. The summed E-state index contributed by atoms with van der Waals surface area (Å²) in [7, 11) is -8.28. The molecule has 0 aliphatic carbocycles. The zero-order chi connectivity index (χ0) is 28.3. The molecule has 16 heteroatoms. The van der Waals surface area contributed by atoms with Crippen LogP contribution >= 0.6 is 23.4 Å². The molecule has 3 aromatic carbocycles. The van der Waals surface area contributed by atoms with Crippen molar-refractivity contribution >= 4 is 55.1 Å². The van der Waals surface area contributed by atoms with Gasteiger partial charge in [0.1, 0.15) is 4.90 Å². The minimum atomic E-state index is -4.51. The van der Waals surface area contributed by atoms with E-state index in [1.165, 1.54) is 48.5 Å². The maximum atomic E-state index is 13.1. The quantitative estimate of drug-likeness (QED) is 0.128. The fourth-order valence-electron chi connectivity index (χ4n) is 3.02. The van der Waals surface area contributed by atoms with E-state index in [0.29, 0.717) is 16.8 Å². The summed E-state index contributed by atoms with van der Waals surface area (Å²) >= 11 is 7.15. The first kappa shape index (κ1) is 29.6. The zero-order valence-electron chi connectivity index (χ0n) is 19.5. The van der Waals surface area contributed by atoms with Gasteiger partial charge in [0.05, 0.1) is 16.1 Å². The van der Waals surface area contributed by atoms with Gasteiger partial charge in [-0.1, -0.05) is 29.8 Å². The van der Waals surface area contributed by atoms with Crippen LogP contribution in [-0.2, 0) is 32.0 Å². The van der Waals surface area contributed by atoms with Gasteiger partial charge in [-0.3, -0.25) is 10.9 Å². The Labute approximate surface area is 226 Å². The van der Waals surface area contributed by atoms with Gasteiger partial charge in [0, 0.05) is 15.7 Å². The van der Waals surface area contributed by atoms with Crippen molar-refractivity contribution in [2.24, 2.45) is 15.3 Å². The van der Waals surface area contributed by atoms with Crippen molar-refractivity contribution in [2.75, 3.05) is 5.43 Å². The number of hydrazine groups is 1. The van der Waals surface area contributed by atoms with Gasteiger partial charge in [-0.25, -0.2) is 13.6 Å². The number of anilines is 1. The van der Waals surface area contributed by atoms with Crippen molar-refractivity contribution in [1.29, 1.82) is 0 Å². The van der Waals surface area contributed by atoms with Gasteiger partial charge in [-0.2, -0.15) is 21.6 Å². The summed E-state index contributed by atoms with van der Waals surface area (Å²) in [6.45, 7) is 1.58. The number of nitrogens with two attached hydrogens (primary N) is 2. The molecule has 204 valence electrons. The summed E-state index contributed by atoms with van der Waals surface area (Å²) in [5.41, 5.74) is 11.0. The second kappa shape index (κ2) is 11.4. The number of hydrogen-bond acceptors (Lipinski definition) is 6. The number of nitrogens with one attached hydrogen (secondary N) is 2. The van der Waals surface area contributed by atoms with Gasteiger partial charge in [-0.15, -0.1) is 16.2 Å². The number of hydrogen-bond donors (Lipinski definition) is 4. The molecule has 0 amide bonds. The maximum Gasteiger partial charge on any atom is 0.416 e. The maximum absolute atomic E-state index is 13.1. The van der Waals surface area contributed by atoms with Crippen LogP contribution in [0, 0.1) is 6.92 Å². The van der Waals surface area contributed by atoms with Crippen LogP contribution in [0.4, 0.5) is 18.9 Å². The molecule has 0 heterocycles. The first-order valence-corrected chi connectivity index (χ1v) is 14.8. The highest BCUT2D eigenvalue weighted by molar-refractivity contribution is 7.99. The predicted molar refractivity (Wildman–Crippen MR) is 141 cm³/mol. The fourth-order valence-corrected chi connectivity index (χ4v) is 6.20. The highest BCUT2D eigenvalue weighted by atomic mass is 35.5. The SMILES string of the molecule is Cc1cc(S(=O)(=O)N=C(N)NNc2ccc(S(N)(=O)=O)cc2)c(SCc2cccc(C(F)(F)F)c2)cc1Cl. The van der Waals surface area contributed by atoms with Gasteiger partial charge < -0.3 is 5.73 Å². The molecule has 0 aliphatic rings. The molecule has 3 rings (SSSR count). The smallest absolute Gasteiger partial charge is 0.368 e. The lowest BCUT2D eigenvalue weighted by Crippen LogP contribution is -2.36. The van der Waals surface area contributed by atoms with Gasteiger partial charge in [0.25, 0.3) is 10.0 Å². The van der Waals surface area contributed by atoms with Gasteiger partial charge in [-0.05, 0) is 60.5 Å². The molecule has 0 aliphatic heterocycles. The standard InChI is InChI=1S/C22H21ClF3N5O4S3/c1-13-9-20(19(11-18(13)23)36-12-14-3-2-4-15(10-14)22(24,25)26)38(34,35)31-21(27)30-29-16-5-7-17(8-6-16)37(28,32)33/h2-11,29H,12H2,1H3,(H3,27,30,31)(H2,28,32,33). The molecule has 0 saturated heterocycles. The van der Waals surface area contributed by atoms with Crippen molar-refractivity contribution in [3.8, 4) is 0 Å². The Hall–Kier alpha value is -2.98. The highest BCUT2D eigenvalue weighted by Crippen LogP contribution is 2.36. The van der Waals surface area contributed by atoms with Crippen molar-refractivity contribution in [2.45, 2.75) is 33.5 Å². The molecule has 0 fully saturated rings. The van der Waals surface area contributed by atoms with Gasteiger partial charge in [0.2, 0.25) is 16.0 Å². The molecule has 0 bridgehead atoms. The van der Waals surface area contributed by atoms with Crippen molar-refractivity contribution in [3.05, 3.63) is 82.4 Å². The molecular weight excluding hydrogens is 587 g/mol. The lowest BCUT2D eigenvalue weighted by molar-refractivity contribution is -0.137. The van der Waals surface area contributed by atoms with E-state index in [9.17, 15) is 30.0 Å². The average molecular weight is 608 g/mol. The van der Waals surface area contributed by atoms with Gasteiger partial charge >= 0.3 is 6.18 Å². The molecule has 38 heavy (non-hydrogen) atoms. The Morgan fingerprint density at radius 3 is 2.32 bits per heavy atom. The topological polar surface area (TPSA) is 157 Å². The molecule has 0 saturated carbocycles. The molecule has 0 aromatic heterocycles. The number of guanidine groups is 1. The predicted octanol–water partition coefficient (Wildman–Crippen LogP) is 4.23. The van der Waals surface area contributed by atoms with Crippen LogP contribution < -0.4 is 21.7 Å². The minimum absolute atomic E-state index is 0.0271. The number of sulfonamides is 2. The summed E-state index contributed by atoms with van der Waals surface area (Å²) in [6.07, 6.45) is -4.51. The largest absolute Gasteiger partial charge is 0.416 e. The minimum Gasteiger partial charge on any atom is -0.368 e. The molecule has 6 N–H and O–H groups in total. The number of halogens is 4. The summed E-state index contributed by atoms with van der Waals surface area (Å²) in [6, 6.07) is 12.6. The van der Waals surface area contributed by atoms with E-state index in [1.807, 2.05) is 0 Å². The monoisotopic (exact) mass is 607 g/mol. The van der Waals surface area contributed by atoms with Crippen LogP contribution in [0.1, 0.15) is 16.7 Å². The van der Waals surface area contributed by atoms with Gasteiger partial charge in [0.15, 0.2) is 0 Å². The molecule has 0 atom stereocenters. The van der Waals surface area contributed by atoms with E-state index in [4.69, 9.17) is 22.5 Å². The van der Waals surface area contributed by atoms with Crippen LogP contribution in [0.5, 0.6) is 0 Å². The number of nitrogens with zero attached hydrogens (tertiary/aromatic N) is 1. The van der Waals surface area contributed by atoms with E-state index in [2.05, 4.69) is 15.2 Å². The normalized spacial score (nSPS) is 12.8. The molecule has 9 nitrogen and oxygen atoms in total. The second-order valence-corrected chi connectivity index (χ2v) is 12.4. The Bertz CT molecular complexity index is 1580. The van der Waals surface area contributed by atoms with Crippen LogP contribution in [0.2, 0.25) is 5.02 Å². The third-order valence-corrected chi connectivity index (χ3v) is 8.81.